The highest BCUT2D eigenvalue weighted by Crippen LogP contribution is 1.73. The van der Waals surface area contributed by atoms with E-state index in [1.54, 1.807) is 0 Å². The van der Waals surface area contributed by atoms with Crippen molar-refractivity contribution in [2.45, 2.75) is 27.7 Å². The molecule has 0 unspecified atom stereocenters. The van der Waals surface area contributed by atoms with Crippen molar-refractivity contribution in [1.82, 2.24) is 0 Å². The second kappa shape index (κ2) is 21.3. The molecule has 19 heavy (non-hydrogen) atoms. The van der Waals surface area contributed by atoms with Gasteiger partial charge in [0, 0.05) is 40.8 Å². The second-order valence-electron chi connectivity index (χ2n) is 2.70. The molecule has 0 heterocycles. The maximum absolute atomic E-state index is 9.81. The van der Waals surface area contributed by atoms with Crippen molar-refractivity contribution in [2.24, 2.45) is 11.5 Å². The third kappa shape index (κ3) is 348. The van der Waals surface area contributed by atoms with E-state index in [1.165, 1.54) is 13.8 Å². The molecule has 0 aliphatic rings. The number of esters is 2. The molecule has 0 aromatic carbocycles. The van der Waals surface area contributed by atoms with E-state index < -0.39 is 23.9 Å². The Bertz CT molecular complexity index is 233. The third-order valence-electron chi connectivity index (χ3n) is 0.454. The summed E-state index contributed by atoms with van der Waals surface area (Å²) in [5.74, 6) is -2.79. The zero-order chi connectivity index (χ0) is 16.4. The Morgan fingerprint density at radius 2 is 0.947 bits per heavy atom. The first kappa shape index (κ1) is 25.8. The van der Waals surface area contributed by atoms with Crippen LogP contribution in [0.5, 0.6) is 0 Å². The maximum Gasteiger partial charge on any atom is 0.310 e. The van der Waals surface area contributed by atoms with Gasteiger partial charge in [0.2, 0.25) is 0 Å². The molecule has 0 aliphatic carbocycles. The van der Waals surface area contributed by atoms with Crippen LogP contribution >= 0.6 is 0 Å². The van der Waals surface area contributed by atoms with Gasteiger partial charge in [-0.15, -0.1) is 0 Å². The van der Waals surface area contributed by atoms with Gasteiger partial charge in [-0.3, -0.25) is 19.2 Å². The first-order valence-electron chi connectivity index (χ1n) is 4.99. The Labute approximate surface area is 111 Å². The van der Waals surface area contributed by atoms with Crippen LogP contribution in [0.1, 0.15) is 27.7 Å². The van der Waals surface area contributed by atoms with Gasteiger partial charge in [0.15, 0.2) is 0 Å². The molecular weight excluding hydrogens is 260 g/mol. The molecule has 0 aliphatic heterocycles. The minimum Gasteiger partial charge on any atom is -0.481 e. The monoisotopic (exact) mass is 282 g/mol. The summed E-state index contributed by atoms with van der Waals surface area (Å²) < 4.78 is 3.97. The van der Waals surface area contributed by atoms with Gasteiger partial charge in [0.25, 0.3) is 11.9 Å². The highest BCUT2D eigenvalue weighted by molar-refractivity contribution is 5.82. The van der Waals surface area contributed by atoms with Crippen molar-refractivity contribution in [3.05, 3.63) is 0 Å². The molecule has 114 valence electrons. The Hall–Kier alpha value is -2.00. The van der Waals surface area contributed by atoms with Crippen LogP contribution in [0.3, 0.4) is 0 Å². The highest BCUT2D eigenvalue weighted by atomic mass is 16.6. The summed E-state index contributed by atoms with van der Waals surface area (Å²) in [5.41, 5.74) is 9.81. The first-order valence-corrected chi connectivity index (χ1v) is 4.99. The quantitative estimate of drug-likeness (QED) is 0.354. The zero-order valence-corrected chi connectivity index (χ0v) is 11.5. The lowest BCUT2D eigenvalue weighted by atomic mass is 10.7. The SMILES string of the molecule is CC(=O)O.CC(=O)O.CC(=O)OC(C)=O.NCCN. The van der Waals surface area contributed by atoms with E-state index >= 15 is 0 Å². The molecule has 9 nitrogen and oxygen atoms in total. The van der Waals surface area contributed by atoms with Crippen molar-refractivity contribution in [1.29, 1.82) is 0 Å². The maximum atomic E-state index is 9.81. The van der Waals surface area contributed by atoms with Crippen LogP contribution in [0.25, 0.3) is 0 Å². The van der Waals surface area contributed by atoms with Crippen LogP contribution in [-0.2, 0) is 23.9 Å². The number of aliphatic carboxylic acids is 2. The van der Waals surface area contributed by atoms with E-state index in [0.29, 0.717) is 13.1 Å². The summed E-state index contributed by atoms with van der Waals surface area (Å²) in [6, 6.07) is 0. The lowest BCUT2D eigenvalue weighted by molar-refractivity contribution is -0.156. The number of hydrogen-bond donors (Lipinski definition) is 4. The normalized spacial score (nSPS) is 7.05. The largest absolute Gasteiger partial charge is 0.481 e. The van der Waals surface area contributed by atoms with Gasteiger partial charge in [0.05, 0.1) is 0 Å². The van der Waals surface area contributed by atoms with Crippen molar-refractivity contribution in [3.63, 3.8) is 0 Å². The van der Waals surface area contributed by atoms with Crippen molar-refractivity contribution in [2.75, 3.05) is 13.1 Å². The lowest BCUT2D eigenvalue weighted by Gasteiger charge is -1.87. The number of carboxylic acid groups (broad SMARTS) is 2. The highest BCUT2D eigenvalue weighted by Gasteiger charge is 1.93. The molecule has 0 aromatic heterocycles. The van der Waals surface area contributed by atoms with Crippen molar-refractivity contribution < 1.29 is 34.1 Å². The average molecular weight is 282 g/mol. The molecule has 0 amide bonds. The van der Waals surface area contributed by atoms with Gasteiger partial charge in [-0.2, -0.15) is 0 Å². The lowest BCUT2D eigenvalue weighted by Crippen LogP contribution is -2.11. The molecule has 0 aromatic rings. The fourth-order valence-electron chi connectivity index (χ4n) is 0.202. The molecule has 0 fully saturated rings. The summed E-state index contributed by atoms with van der Waals surface area (Å²) in [5, 5.41) is 14.8. The topological polar surface area (TPSA) is 170 Å². The fourth-order valence-corrected chi connectivity index (χ4v) is 0.202. The molecule has 0 saturated heterocycles. The predicted octanol–water partition coefficient (Wildman–Crippen LogP) is -0.818. The van der Waals surface area contributed by atoms with Crippen LogP contribution in [0, 0.1) is 0 Å². The fraction of sp³-hybridized carbons (Fsp3) is 0.600. The Kier molecular flexibility index (Phi) is 28.9. The van der Waals surface area contributed by atoms with Gasteiger partial charge < -0.3 is 26.4 Å². The van der Waals surface area contributed by atoms with Gasteiger partial charge in [-0.05, 0) is 0 Å². The summed E-state index contributed by atoms with van der Waals surface area (Å²) in [6.45, 7) is 5.72. The molecule has 0 radical (unpaired) electrons. The molecular formula is C10H22N2O7. The Morgan fingerprint density at radius 1 is 0.789 bits per heavy atom. The van der Waals surface area contributed by atoms with E-state index in [4.69, 9.17) is 31.3 Å². The van der Waals surface area contributed by atoms with E-state index in [0.717, 1.165) is 13.8 Å². The van der Waals surface area contributed by atoms with Gasteiger partial charge in [-0.1, -0.05) is 0 Å². The van der Waals surface area contributed by atoms with Crippen LogP contribution in [-0.4, -0.2) is 47.2 Å². The summed E-state index contributed by atoms with van der Waals surface area (Å²) >= 11 is 0. The van der Waals surface area contributed by atoms with Crippen LogP contribution in [0.15, 0.2) is 0 Å². The third-order valence-corrected chi connectivity index (χ3v) is 0.454. The minimum absolute atomic E-state index is 0.562. The van der Waals surface area contributed by atoms with Gasteiger partial charge in [-0.25, -0.2) is 0 Å². The molecule has 0 rings (SSSR count). The number of carbonyl (C=O) groups is 4. The van der Waals surface area contributed by atoms with E-state index in [2.05, 4.69) is 4.74 Å². The number of rotatable bonds is 1. The Balaban J connectivity index is -0.0000000825. The smallest absolute Gasteiger partial charge is 0.310 e. The first-order chi connectivity index (χ1) is 8.50. The minimum atomic E-state index is -0.833. The van der Waals surface area contributed by atoms with Gasteiger partial charge >= 0.3 is 11.9 Å². The number of hydrogen-bond acceptors (Lipinski definition) is 7. The Morgan fingerprint density at radius 3 is 0.947 bits per heavy atom. The number of carboxylic acids is 2. The summed E-state index contributed by atoms with van der Waals surface area (Å²) in [4.78, 5) is 37.6. The van der Waals surface area contributed by atoms with Crippen molar-refractivity contribution in [3.8, 4) is 0 Å². The zero-order valence-electron chi connectivity index (χ0n) is 11.5. The molecule has 0 atom stereocenters. The number of carbonyl (C=O) groups excluding carboxylic acids is 2. The van der Waals surface area contributed by atoms with Crippen molar-refractivity contribution >= 4 is 23.9 Å². The number of nitrogens with two attached hydrogens (primary N) is 2. The van der Waals surface area contributed by atoms with Crippen LogP contribution < -0.4 is 11.5 Å². The molecule has 0 saturated carbocycles. The molecule has 9 heteroatoms. The summed E-state index contributed by atoms with van der Waals surface area (Å²) in [6.07, 6.45) is 0. The molecule has 0 spiro atoms. The summed E-state index contributed by atoms with van der Waals surface area (Å²) in [7, 11) is 0. The second-order valence-corrected chi connectivity index (χ2v) is 2.70. The van der Waals surface area contributed by atoms with Gasteiger partial charge in [0.1, 0.15) is 0 Å². The van der Waals surface area contributed by atoms with E-state index in [9.17, 15) is 9.59 Å². The van der Waals surface area contributed by atoms with E-state index in [1.807, 2.05) is 0 Å². The molecule has 6 N–H and O–H groups in total. The van der Waals surface area contributed by atoms with Crippen LogP contribution in [0.2, 0.25) is 0 Å². The standard InChI is InChI=1S/C4H6O3.C2H8N2.2C2H4O2/c1-3(5)7-4(2)6;3-1-2-4;2*1-2(3)4/h1-2H3;1-4H2;2*1H3,(H,3,4). The average Bonchev–Trinajstić information content (AvgIpc) is 2.14. The van der Waals surface area contributed by atoms with E-state index in [-0.39, 0.29) is 0 Å². The number of ether oxygens (including phenoxy) is 1. The predicted molar refractivity (Wildman–Crippen MR) is 67.2 cm³/mol. The molecule has 0 bridgehead atoms. The van der Waals surface area contributed by atoms with Crippen LogP contribution in [0.4, 0.5) is 0 Å².